The van der Waals surface area contributed by atoms with Crippen LogP contribution in [-0.2, 0) is 9.59 Å². The third-order valence-corrected chi connectivity index (χ3v) is 7.57. The van der Waals surface area contributed by atoms with Crippen molar-refractivity contribution in [1.82, 2.24) is 29.3 Å². The van der Waals surface area contributed by atoms with Crippen LogP contribution in [0, 0.1) is 5.82 Å². The SMILES string of the molecule is C=CC(=O)N1CCN(c2nc(N3CC(N(CC)CC)C3)nc3c(=O)n(-c4c(O)cccc4F)cnc23)CC1.O=C(O)C(F)(F)F. The van der Waals surface area contributed by atoms with Gasteiger partial charge >= 0.3 is 12.1 Å². The van der Waals surface area contributed by atoms with Gasteiger partial charge in [-0.1, -0.05) is 26.5 Å². The second-order valence-corrected chi connectivity index (χ2v) is 10.2. The lowest BCUT2D eigenvalue weighted by atomic mass is 10.1. The summed E-state index contributed by atoms with van der Waals surface area (Å²) in [4.78, 5) is 56.5. The molecule has 2 N–H and O–H groups in total. The van der Waals surface area contributed by atoms with Crippen molar-refractivity contribution in [3.8, 4) is 11.4 Å². The largest absolute Gasteiger partial charge is 0.506 e. The highest BCUT2D eigenvalue weighted by molar-refractivity contribution is 5.88. The van der Waals surface area contributed by atoms with Crippen LogP contribution in [0.25, 0.3) is 16.7 Å². The Bertz CT molecular complexity index is 1610. The quantitative estimate of drug-likeness (QED) is 0.290. The number of aromatic hydroxyl groups is 1. The molecule has 0 atom stereocenters. The van der Waals surface area contributed by atoms with E-state index in [1.165, 1.54) is 30.6 Å². The number of carbonyl (C=O) groups is 2. The number of nitrogens with zero attached hydrogens (tertiary/aromatic N) is 8. The molecule has 1 amide bonds. The summed E-state index contributed by atoms with van der Waals surface area (Å²) < 4.78 is 47.3. The molecule has 13 nitrogen and oxygen atoms in total. The minimum absolute atomic E-state index is 0.0334. The molecule has 4 heterocycles. The number of aromatic nitrogens is 4. The highest BCUT2D eigenvalue weighted by Crippen LogP contribution is 2.29. The molecule has 2 saturated heterocycles. The molecule has 0 radical (unpaired) electrons. The summed E-state index contributed by atoms with van der Waals surface area (Å²) in [6.07, 6.45) is -2.60. The number of para-hydroxylation sites is 1. The van der Waals surface area contributed by atoms with Crippen LogP contribution in [0.4, 0.5) is 29.3 Å². The van der Waals surface area contributed by atoms with E-state index in [0.29, 0.717) is 44.0 Å². The van der Waals surface area contributed by atoms with Crippen LogP contribution in [0.2, 0.25) is 0 Å². The summed E-state index contributed by atoms with van der Waals surface area (Å²) in [7, 11) is 0. The minimum atomic E-state index is -5.08. The average molecular weight is 637 g/mol. The maximum absolute atomic E-state index is 14.6. The summed E-state index contributed by atoms with van der Waals surface area (Å²) in [5, 5.41) is 17.4. The zero-order valence-electron chi connectivity index (χ0n) is 24.5. The van der Waals surface area contributed by atoms with E-state index in [2.05, 4.69) is 35.3 Å². The number of fused-ring (bicyclic) bond motifs is 1. The standard InChI is InChI=1S/C26H31FN8O3.C2HF3O2/c1-4-20(37)32-10-12-33(13-11-32)24-21-22(29-26(30-24)34-14-17(15-34)31(5-2)6-3)25(38)35(16-28-21)23-18(27)8-7-9-19(23)36;3-2(4,5)1(6)7/h4,7-9,16-17,36H,1,5-6,10-15H2,2-3H3;(H,6,7). The number of alkyl halides is 3. The number of amides is 1. The number of phenolic OH excluding ortho intramolecular Hbond substituents is 1. The molecule has 2 fully saturated rings. The fourth-order valence-electron chi connectivity index (χ4n) is 5.10. The number of anilines is 2. The number of likely N-dealkylation sites (N-methyl/N-ethyl adjacent to an activating group) is 1. The smallest absolute Gasteiger partial charge is 0.490 e. The van der Waals surface area contributed by atoms with Gasteiger partial charge in [0.1, 0.15) is 23.3 Å². The second kappa shape index (κ2) is 13.5. The van der Waals surface area contributed by atoms with Gasteiger partial charge in [0.25, 0.3) is 5.56 Å². The molecule has 0 aliphatic carbocycles. The molecule has 45 heavy (non-hydrogen) atoms. The number of piperazine rings is 1. The fraction of sp³-hybridized carbons (Fsp3) is 0.429. The minimum Gasteiger partial charge on any atom is -0.506 e. The zero-order valence-corrected chi connectivity index (χ0v) is 24.5. The third kappa shape index (κ3) is 6.97. The van der Waals surface area contributed by atoms with Gasteiger partial charge in [0.15, 0.2) is 17.2 Å². The summed E-state index contributed by atoms with van der Waals surface area (Å²) in [6, 6.07) is 4.20. The number of carbonyl (C=O) groups excluding carboxylic acids is 1. The number of aliphatic carboxylic acids is 1. The highest BCUT2D eigenvalue weighted by Gasteiger charge is 2.38. The number of phenols is 1. The Morgan fingerprint density at radius 3 is 2.22 bits per heavy atom. The van der Waals surface area contributed by atoms with Crippen molar-refractivity contribution < 1.29 is 37.4 Å². The predicted molar refractivity (Wildman–Crippen MR) is 156 cm³/mol. The summed E-state index contributed by atoms with van der Waals surface area (Å²) in [5.74, 6) is -3.14. The molecule has 1 aromatic carbocycles. The number of rotatable bonds is 7. The second-order valence-electron chi connectivity index (χ2n) is 10.2. The first-order valence-corrected chi connectivity index (χ1v) is 14.0. The van der Waals surface area contributed by atoms with Gasteiger partial charge in [-0.15, -0.1) is 0 Å². The van der Waals surface area contributed by atoms with E-state index in [4.69, 9.17) is 14.9 Å². The van der Waals surface area contributed by atoms with E-state index in [9.17, 15) is 32.3 Å². The first-order valence-electron chi connectivity index (χ1n) is 14.0. The first-order chi connectivity index (χ1) is 21.3. The predicted octanol–water partition coefficient (Wildman–Crippen LogP) is 2.02. The summed E-state index contributed by atoms with van der Waals surface area (Å²) in [5.41, 5.74) is -0.571. The molecule has 0 unspecified atom stereocenters. The summed E-state index contributed by atoms with van der Waals surface area (Å²) in [6.45, 7) is 13.1. The normalized spacial score (nSPS) is 15.5. The summed E-state index contributed by atoms with van der Waals surface area (Å²) >= 11 is 0. The van der Waals surface area contributed by atoms with Gasteiger partial charge in [-0.05, 0) is 31.3 Å². The molecule has 0 spiro atoms. The van der Waals surface area contributed by atoms with E-state index in [1.807, 2.05) is 9.80 Å². The van der Waals surface area contributed by atoms with E-state index in [1.54, 1.807) is 4.90 Å². The van der Waals surface area contributed by atoms with Gasteiger partial charge < -0.3 is 24.9 Å². The monoisotopic (exact) mass is 636 g/mol. The molecule has 242 valence electrons. The van der Waals surface area contributed by atoms with Crippen molar-refractivity contribution in [1.29, 1.82) is 0 Å². The first kappa shape index (κ1) is 33.1. The van der Waals surface area contributed by atoms with Gasteiger partial charge in [0, 0.05) is 45.3 Å². The molecule has 2 aliphatic rings. The zero-order chi connectivity index (χ0) is 33.1. The highest BCUT2D eigenvalue weighted by atomic mass is 19.4. The fourth-order valence-corrected chi connectivity index (χ4v) is 5.10. The molecule has 0 bridgehead atoms. The van der Waals surface area contributed by atoms with E-state index in [0.717, 1.165) is 30.7 Å². The Morgan fingerprint density at radius 2 is 1.69 bits per heavy atom. The van der Waals surface area contributed by atoms with Crippen LogP contribution in [0.5, 0.6) is 5.75 Å². The number of carboxylic acids is 1. The maximum atomic E-state index is 14.6. The third-order valence-electron chi connectivity index (χ3n) is 7.57. The van der Waals surface area contributed by atoms with Gasteiger partial charge in [-0.25, -0.2) is 19.2 Å². The lowest BCUT2D eigenvalue weighted by Crippen LogP contribution is -2.60. The van der Waals surface area contributed by atoms with Crippen molar-refractivity contribution in [2.24, 2.45) is 0 Å². The number of hydrogen-bond donors (Lipinski definition) is 2. The molecule has 0 saturated carbocycles. The van der Waals surface area contributed by atoms with Crippen LogP contribution < -0.4 is 15.4 Å². The van der Waals surface area contributed by atoms with Crippen LogP contribution in [0.1, 0.15) is 13.8 Å². The maximum Gasteiger partial charge on any atom is 0.490 e. The van der Waals surface area contributed by atoms with Gasteiger partial charge in [0.05, 0.1) is 0 Å². The number of benzene rings is 1. The van der Waals surface area contributed by atoms with Crippen LogP contribution >= 0.6 is 0 Å². The molecule has 17 heteroatoms. The lowest BCUT2D eigenvalue weighted by molar-refractivity contribution is -0.192. The number of carboxylic acid groups (broad SMARTS) is 1. The lowest BCUT2D eigenvalue weighted by Gasteiger charge is -2.45. The van der Waals surface area contributed by atoms with Gasteiger partial charge in [0.2, 0.25) is 11.9 Å². The molecule has 3 aromatic rings. The molecule has 5 rings (SSSR count). The van der Waals surface area contributed by atoms with Crippen molar-refractivity contribution in [2.45, 2.75) is 26.1 Å². The van der Waals surface area contributed by atoms with Gasteiger partial charge in [-0.2, -0.15) is 18.2 Å². The Kier molecular flexibility index (Phi) is 9.90. The Hall–Kier alpha value is -4.80. The van der Waals surface area contributed by atoms with Gasteiger partial charge in [-0.3, -0.25) is 19.1 Å². The average Bonchev–Trinajstić information content (AvgIpc) is 2.99. The molecule has 2 aliphatic heterocycles. The van der Waals surface area contributed by atoms with Crippen LogP contribution in [-0.4, -0.2) is 116 Å². The van der Waals surface area contributed by atoms with Crippen molar-refractivity contribution >= 4 is 34.7 Å². The topological polar surface area (TPSA) is 148 Å². The molecular formula is C28H32F4N8O5. The van der Waals surface area contributed by atoms with Crippen molar-refractivity contribution in [3.05, 3.63) is 53.4 Å². The van der Waals surface area contributed by atoms with Crippen LogP contribution in [0.3, 0.4) is 0 Å². The Labute approximate surface area is 254 Å². The Balaban J connectivity index is 0.000000591. The number of hydrogen-bond acceptors (Lipinski definition) is 10. The van der Waals surface area contributed by atoms with Crippen molar-refractivity contribution in [3.63, 3.8) is 0 Å². The Morgan fingerprint density at radius 1 is 1.07 bits per heavy atom. The molecule has 2 aromatic heterocycles. The number of halogens is 4. The van der Waals surface area contributed by atoms with E-state index >= 15 is 0 Å². The van der Waals surface area contributed by atoms with E-state index in [-0.39, 0.29) is 28.4 Å². The van der Waals surface area contributed by atoms with Crippen molar-refractivity contribution in [2.75, 3.05) is 62.2 Å². The van der Waals surface area contributed by atoms with Crippen LogP contribution in [0.15, 0.2) is 42.0 Å². The van der Waals surface area contributed by atoms with E-state index < -0.39 is 23.5 Å². The molecular weight excluding hydrogens is 604 g/mol.